The molecule has 2 aromatic carbocycles. The summed E-state index contributed by atoms with van der Waals surface area (Å²) in [6, 6.07) is 11.4. The van der Waals surface area contributed by atoms with E-state index in [1.807, 2.05) is 24.3 Å². The summed E-state index contributed by atoms with van der Waals surface area (Å²) in [5.74, 6) is 0.338. The number of hydrogen-bond acceptors (Lipinski definition) is 3. The normalized spacial score (nSPS) is 10.0. The maximum Gasteiger partial charge on any atom is 0.165 e. The summed E-state index contributed by atoms with van der Waals surface area (Å²) in [6.45, 7) is 0.251. The third-order valence-electron chi connectivity index (χ3n) is 2.65. The molecule has 0 atom stereocenters. The van der Waals surface area contributed by atoms with Gasteiger partial charge in [0, 0.05) is 5.56 Å². The van der Waals surface area contributed by atoms with Gasteiger partial charge in [0.2, 0.25) is 0 Å². The Morgan fingerprint density at radius 1 is 1.16 bits per heavy atom. The van der Waals surface area contributed by atoms with Crippen molar-refractivity contribution in [3.05, 3.63) is 59.4 Å². The number of ether oxygens (including phenoxy) is 2. The van der Waals surface area contributed by atoms with Crippen LogP contribution in [0.4, 0.5) is 4.39 Å². The van der Waals surface area contributed by atoms with E-state index in [0.717, 1.165) is 17.4 Å². The van der Waals surface area contributed by atoms with E-state index >= 15 is 0 Å². The predicted molar refractivity (Wildman–Crippen MR) is 69.1 cm³/mol. The molecule has 4 heteroatoms. The highest BCUT2D eigenvalue weighted by atomic mass is 19.1. The molecule has 0 saturated carbocycles. The van der Waals surface area contributed by atoms with Crippen molar-refractivity contribution in [3.8, 4) is 11.5 Å². The Labute approximate surface area is 110 Å². The minimum absolute atomic E-state index is 0.126. The second kappa shape index (κ2) is 6.00. The summed E-state index contributed by atoms with van der Waals surface area (Å²) < 4.78 is 24.0. The Hall–Kier alpha value is -2.36. The number of methoxy groups -OCH3 is 1. The molecule has 2 aromatic rings. The van der Waals surface area contributed by atoms with Crippen LogP contribution in [0, 0.1) is 5.82 Å². The third-order valence-corrected chi connectivity index (χ3v) is 2.65. The molecule has 0 aliphatic rings. The van der Waals surface area contributed by atoms with Gasteiger partial charge in [-0.1, -0.05) is 12.1 Å². The summed E-state index contributed by atoms with van der Waals surface area (Å²) in [6.07, 6.45) is 0.594. The van der Waals surface area contributed by atoms with E-state index in [4.69, 9.17) is 9.47 Å². The number of aldehydes is 1. The first kappa shape index (κ1) is 13.1. The molecule has 0 N–H and O–H groups in total. The van der Waals surface area contributed by atoms with Gasteiger partial charge in [0.15, 0.2) is 11.6 Å². The summed E-state index contributed by atoms with van der Waals surface area (Å²) in [7, 11) is 1.59. The molecule has 0 radical (unpaired) electrons. The Morgan fingerprint density at radius 2 is 1.89 bits per heavy atom. The van der Waals surface area contributed by atoms with Crippen LogP contribution in [0.2, 0.25) is 0 Å². The number of carbonyl (C=O) groups is 1. The lowest BCUT2D eigenvalue weighted by Crippen LogP contribution is -1.98. The van der Waals surface area contributed by atoms with Crippen molar-refractivity contribution in [1.82, 2.24) is 0 Å². The fourth-order valence-electron chi connectivity index (χ4n) is 1.59. The average molecular weight is 260 g/mol. The zero-order valence-corrected chi connectivity index (χ0v) is 10.4. The van der Waals surface area contributed by atoms with Gasteiger partial charge in [0.05, 0.1) is 7.11 Å². The summed E-state index contributed by atoms with van der Waals surface area (Å²) in [5.41, 5.74) is 1.19. The van der Waals surface area contributed by atoms with Crippen LogP contribution in [0.25, 0.3) is 0 Å². The standard InChI is InChI=1S/C15H13FO3/c1-18-13-5-2-11(3-6-13)10-19-15-7-4-12(9-17)8-14(15)16/h2-9H,10H2,1H3. The van der Waals surface area contributed by atoms with Crippen LogP contribution in [-0.4, -0.2) is 13.4 Å². The Bertz CT molecular complexity index is 564. The van der Waals surface area contributed by atoms with E-state index in [2.05, 4.69) is 0 Å². The molecule has 0 aliphatic heterocycles. The molecule has 3 nitrogen and oxygen atoms in total. The number of hydrogen-bond donors (Lipinski definition) is 0. The highest BCUT2D eigenvalue weighted by Crippen LogP contribution is 2.19. The molecule has 0 aliphatic carbocycles. The van der Waals surface area contributed by atoms with E-state index in [9.17, 15) is 9.18 Å². The van der Waals surface area contributed by atoms with Gasteiger partial charge < -0.3 is 9.47 Å². The Kier molecular flexibility index (Phi) is 4.13. The topological polar surface area (TPSA) is 35.5 Å². The highest BCUT2D eigenvalue weighted by molar-refractivity contribution is 5.74. The third kappa shape index (κ3) is 3.31. The molecule has 2 rings (SSSR count). The van der Waals surface area contributed by atoms with Crippen molar-refractivity contribution >= 4 is 6.29 Å². The zero-order chi connectivity index (χ0) is 13.7. The van der Waals surface area contributed by atoms with Gasteiger partial charge in [0.1, 0.15) is 18.6 Å². The first-order valence-electron chi connectivity index (χ1n) is 5.73. The molecule has 0 spiro atoms. The molecule has 19 heavy (non-hydrogen) atoms. The lowest BCUT2D eigenvalue weighted by Gasteiger charge is -2.08. The number of halogens is 1. The first-order valence-corrected chi connectivity index (χ1v) is 5.73. The maximum atomic E-state index is 13.6. The molecule has 0 heterocycles. The van der Waals surface area contributed by atoms with Gasteiger partial charge in [-0.3, -0.25) is 4.79 Å². The largest absolute Gasteiger partial charge is 0.497 e. The Balaban J connectivity index is 2.03. The van der Waals surface area contributed by atoms with Crippen LogP contribution in [0.5, 0.6) is 11.5 Å². The minimum atomic E-state index is -0.543. The van der Waals surface area contributed by atoms with Crippen molar-refractivity contribution in [3.63, 3.8) is 0 Å². The first-order chi connectivity index (χ1) is 9.22. The SMILES string of the molecule is COc1ccc(COc2ccc(C=O)cc2F)cc1. The Morgan fingerprint density at radius 3 is 2.47 bits per heavy atom. The van der Waals surface area contributed by atoms with Gasteiger partial charge in [-0.15, -0.1) is 0 Å². The summed E-state index contributed by atoms with van der Waals surface area (Å²) in [5, 5.41) is 0. The molecular formula is C15H13FO3. The molecular weight excluding hydrogens is 247 g/mol. The molecule has 0 aromatic heterocycles. The molecule has 0 unspecified atom stereocenters. The monoisotopic (exact) mass is 260 g/mol. The van der Waals surface area contributed by atoms with E-state index in [-0.39, 0.29) is 17.9 Å². The molecule has 0 saturated heterocycles. The van der Waals surface area contributed by atoms with Crippen LogP contribution in [0.3, 0.4) is 0 Å². The van der Waals surface area contributed by atoms with Gasteiger partial charge in [0.25, 0.3) is 0 Å². The second-order valence-corrected chi connectivity index (χ2v) is 3.94. The zero-order valence-electron chi connectivity index (χ0n) is 10.4. The van der Waals surface area contributed by atoms with Crippen LogP contribution >= 0.6 is 0 Å². The maximum absolute atomic E-state index is 13.6. The lowest BCUT2D eigenvalue weighted by molar-refractivity contribution is 0.112. The van der Waals surface area contributed by atoms with E-state index in [0.29, 0.717) is 6.29 Å². The van der Waals surface area contributed by atoms with Crippen LogP contribution in [-0.2, 0) is 6.61 Å². The predicted octanol–water partition coefficient (Wildman–Crippen LogP) is 3.23. The number of rotatable bonds is 5. The molecule has 0 fully saturated rings. The van der Waals surface area contributed by atoms with Crippen LogP contribution in [0.15, 0.2) is 42.5 Å². The second-order valence-electron chi connectivity index (χ2n) is 3.94. The number of carbonyl (C=O) groups excluding carboxylic acids is 1. The van der Waals surface area contributed by atoms with Crippen molar-refractivity contribution in [2.75, 3.05) is 7.11 Å². The molecule has 98 valence electrons. The van der Waals surface area contributed by atoms with Gasteiger partial charge >= 0.3 is 0 Å². The van der Waals surface area contributed by atoms with Crippen molar-refractivity contribution in [2.24, 2.45) is 0 Å². The quantitative estimate of drug-likeness (QED) is 0.774. The van der Waals surface area contributed by atoms with Crippen molar-refractivity contribution in [2.45, 2.75) is 6.61 Å². The summed E-state index contributed by atoms with van der Waals surface area (Å²) in [4.78, 5) is 10.5. The van der Waals surface area contributed by atoms with Crippen molar-refractivity contribution in [1.29, 1.82) is 0 Å². The van der Waals surface area contributed by atoms with Crippen molar-refractivity contribution < 1.29 is 18.7 Å². The van der Waals surface area contributed by atoms with Crippen LogP contribution in [0.1, 0.15) is 15.9 Å². The fraction of sp³-hybridized carbons (Fsp3) is 0.133. The van der Waals surface area contributed by atoms with E-state index in [1.165, 1.54) is 12.1 Å². The molecule has 0 bridgehead atoms. The van der Waals surface area contributed by atoms with Gasteiger partial charge in [-0.2, -0.15) is 0 Å². The lowest BCUT2D eigenvalue weighted by atomic mass is 10.2. The summed E-state index contributed by atoms with van der Waals surface area (Å²) >= 11 is 0. The number of benzene rings is 2. The minimum Gasteiger partial charge on any atom is -0.497 e. The fourth-order valence-corrected chi connectivity index (χ4v) is 1.59. The van der Waals surface area contributed by atoms with Gasteiger partial charge in [-0.25, -0.2) is 4.39 Å². The van der Waals surface area contributed by atoms with E-state index < -0.39 is 5.82 Å². The van der Waals surface area contributed by atoms with Crippen LogP contribution < -0.4 is 9.47 Å². The average Bonchev–Trinajstić information content (AvgIpc) is 2.46. The highest BCUT2D eigenvalue weighted by Gasteiger charge is 2.05. The molecule has 0 amide bonds. The van der Waals surface area contributed by atoms with E-state index in [1.54, 1.807) is 7.11 Å². The smallest absolute Gasteiger partial charge is 0.165 e. The van der Waals surface area contributed by atoms with Gasteiger partial charge in [-0.05, 0) is 35.9 Å².